The van der Waals surface area contributed by atoms with Crippen molar-refractivity contribution in [2.45, 2.75) is 53.1 Å². The maximum absolute atomic E-state index is 9.47. The van der Waals surface area contributed by atoms with Gasteiger partial charge in [0.15, 0.2) is 0 Å². The first-order chi connectivity index (χ1) is 9.14. The summed E-state index contributed by atoms with van der Waals surface area (Å²) in [5, 5.41) is 9.47. The topological polar surface area (TPSA) is 36.4 Å². The third-order valence-corrected chi connectivity index (χ3v) is 4.93. The Bertz CT molecular complexity index is 417. The Kier molecular flexibility index (Phi) is 4.46. The van der Waals surface area contributed by atoms with Gasteiger partial charge in [0.1, 0.15) is 0 Å². The van der Waals surface area contributed by atoms with Gasteiger partial charge in [0.05, 0.1) is 6.61 Å². The molecule has 0 amide bonds. The molecule has 0 radical (unpaired) electrons. The molecule has 0 unspecified atom stereocenters. The number of aromatic nitrogens is 1. The highest BCUT2D eigenvalue weighted by Crippen LogP contribution is 2.39. The molecular formula is C16H26N2O. The van der Waals surface area contributed by atoms with Gasteiger partial charge in [0, 0.05) is 36.2 Å². The second-order valence-electron chi connectivity index (χ2n) is 5.81. The van der Waals surface area contributed by atoms with Crippen molar-refractivity contribution in [1.29, 1.82) is 0 Å². The van der Waals surface area contributed by atoms with Crippen LogP contribution >= 0.6 is 0 Å². The van der Waals surface area contributed by atoms with E-state index in [-0.39, 0.29) is 6.61 Å². The lowest BCUT2D eigenvalue weighted by Crippen LogP contribution is -2.40. The minimum absolute atomic E-state index is 0.0752. The van der Waals surface area contributed by atoms with Gasteiger partial charge in [-0.2, -0.15) is 0 Å². The molecule has 1 aromatic rings. The number of anilines is 1. The third kappa shape index (κ3) is 2.92. The van der Waals surface area contributed by atoms with E-state index in [4.69, 9.17) is 0 Å². The predicted molar refractivity (Wildman–Crippen MR) is 79.4 cm³/mol. The number of aliphatic hydroxyl groups excluding tert-OH is 1. The lowest BCUT2D eigenvalue weighted by molar-refractivity contribution is 0.199. The molecule has 2 heterocycles. The first kappa shape index (κ1) is 14.3. The molecule has 106 valence electrons. The van der Waals surface area contributed by atoms with Crippen LogP contribution in [0.1, 0.15) is 50.8 Å². The molecule has 0 atom stereocenters. The van der Waals surface area contributed by atoms with Gasteiger partial charge in [-0.25, -0.2) is 0 Å². The number of aryl methyl sites for hydroxylation is 1. The van der Waals surface area contributed by atoms with Crippen LogP contribution in [0.15, 0.2) is 12.3 Å². The summed E-state index contributed by atoms with van der Waals surface area (Å²) >= 11 is 0. The average Bonchev–Trinajstić information content (AvgIpc) is 2.47. The van der Waals surface area contributed by atoms with Crippen molar-refractivity contribution >= 4 is 5.69 Å². The van der Waals surface area contributed by atoms with E-state index in [1.807, 2.05) is 13.1 Å². The highest BCUT2D eigenvalue weighted by molar-refractivity contribution is 5.53. The van der Waals surface area contributed by atoms with Gasteiger partial charge < -0.3 is 10.0 Å². The second kappa shape index (κ2) is 5.91. The third-order valence-electron chi connectivity index (χ3n) is 4.93. The van der Waals surface area contributed by atoms with Crippen LogP contribution in [0.5, 0.6) is 0 Å². The summed E-state index contributed by atoms with van der Waals surface area (Å²) in [5.41, 5.74) is 3.69. The standard InChI is InChI=1S/C16H26N2O/c1-4-16(5-2)6-8-18(9-7-16)15-10-13(3)17-11-14(15)12-19/h10-11,19H,4-9,12H2,1-3H3. The number of nitrogens with zero attached hydrogens (tertiary/aromatic N) is 2. The fraction of sp³-hybridized carbons (Fsp3) is 0.688. The summed E-state index contributed by atoms with van der Waals surface area (Å²) in [6, 6.07) is 2.11. The Morgan fingerprint density at radius 3 is 2.42 bits per heavy atom. The van der Waals surface area contributed by atoms with Crippen LogP contribution in [0.25, 0.3) is 0 Å². The van der Waals surface area contributed by atoms with E-state index >= 15 is 0 Å². The Morgan fingerprint density at radius 1 is 1.26 bits per heavy atom. The van der Waals surface area contributed by atoms with Gasteiger partial charge >= 0.3 is 0 Å². The van der Waals surface area contributed by atoms with Gasteiger partial charge in [-0.15, -0.1) is 0 Å². The monoisotopic (exact) mass is 262 g/mol. The molecule has 1 aliphatic heterocycles. The molecule has 0 aliphatic carbocycles. The van der Waals surface area contributed by atoms with Crippen LogP contribution in [0, 0.1) is 12.3 Å². The van der Waals surface area contributed by atoms with E-state index in [2.05, 4.69) is 29.8 Å². The van der Waals surface area contributed by atoms with Crippen LogP contribution < -0.4 is 4.90 Å². The highest BCUT2D eigenvalue weighted by atomic mass is 16.3. The Balaban J connectivity index is 2.15. The van der Waals surface area contributed by atoms with Crippen molar-refractivity contribution in [2.24, 2.45) is 5.41 Å². The lowest BCUT2D eigenvalue weighted by Gasteiger charge is -2.42. The number of rotatable bonds is 4. The summed E-state index contributed by atoms with van der Waals surface area (Å²) in [7, 11) is 0. The lowest BCUT2D eigenvalue weighted by atomic mass is 9.74. The fourth-order valence-corrected chi connectivity index (χ4v) is 3.17. The molecule has 0 spiro atoms. The molecule has 1 fully saturated rings. The Morgan fingerprint density at radius 2 is 1.89 bits per heavy atom. The summed E-state index contributed by atoms with van der Waals surface area (Å²) in [6.45, 7) is 8.91. The first-order valence-corrected chi connectivity index (χ1v) is 7.45. The molecule has 3 heteroatoms. The number of aliphatic hydroxyl groups is 1. The van der Waals surface area contributed by atoms with Crippen LogP contribution in [0.2, 0.25) is 0 Å². The Hall–Kier alpha value is -1.09. The molecule has 1 saturated heterocycles. The molecular weight excluding hydrogens is 236 g/mol. The second-order valence-corrected chi connectivity index (χ2v) is 5.81. The van der Waals surface area contributed by atoms with E-state index in [0.717, 1.165) is 24.3 Å². The molecule has 1 aliphatic rings. The summed E-state index contributed by atoms with van der Waals surface area (Å²) in [4.78, 5) is 6.70. The summed E-state index contributed by atoms with van der Waals surface area (Å²) in [6.07, 6.45) is 6.88. The molecule has 0 bridgehead atoms. The van der Waals surface area contributed by atoms with Gasteiger partial charge in [-0.1, -0.05) is 26.7 Å². The van der Waals surface area contributed by atoms with Gasteiger partial charge in [-0.3, -0.25) is 4.98 Å². The number of piperidine rings is 1. The highest BCUT2D eigenvalue weighted by Gasteiger charge is 2.31. The molecule has 1 aromatic heterocycles. The molecule has 2 rings (SSSR count). The van der Waals surface area contributed by atoms with Crippen LogP contribution in [0.4, 0.5) is 5.69 Å². The minimum atomic E-state index is 0.0752. The zero-order chi connectivity index (χ0) is 13.9. The summed E-state index contributed by atoms with van der Waals surface area (Å²) < 4.78 is 0. The summed E-state index contributed by atoms with van der Waals surface area (Å²) in [5.74, 6) is 0. The number of hydrogen-bond acceptors (Lipinski definition) is 3. The molecule has 0 saturated carbocycles. The molecule has 19 heavy (non-hydrogen) atoms. The maximum Gasteiger partial charge on any atom is 0.0717 e. The van der Waals surface area contributed by atoms with Crippen molar-refractivity contribution in [2.75, 3.05) is 18.0 Å². The van der Waals surface area contributed by atoms with E-state index in [1.165, 1.54) is 31.4 Å². The van der Waals surface area contributed by atoms with Gasteiger partial charge in [0.2, 0.25) is 0 Å². The van der Waals surface area contributed by atoms with E-state index < -0.39 is 0 Å². The smallest absolute Gasteiger partial charge is 0.0717 e. The van der Waals surface area contributed by atoms with Crippen molar-refractivity contribution < 1.29 is 5.11 Å². The largest absolute Gasteiger partial charge is 0.392 e. The fourth-order valence-electron chi connectivity index (χ4n) is 3.17. The number of pyridine rings is 1. The van der Waals surface area contributed by atoms with Crippen LogP contribution in [0.3, 0.4) is 0 Å². The van der Waals surface area contributed by atoms with E-state index in [1.54, 1.807) is 0 Å². The quantitative estimate of drug-likeness (QED) is 0.904. The van der Waals surface area contributed by atoms with Crippen molar-refractivity contribution in [3.05, 3.63) is 23.5 Å². The van der Waals surface area contributed by atoms with E-state index in [9.17, 15) is 5.11 Å². The zero-order valence-corrected chi connectivity index (χ0v) is 12.4. The molecule has 3 nitrogen and oxygen atoms in total. The van der Waals surface area contributed by atoms with E-state index in [0.29, 0.717) is 5.41 Å². The van der Waals surface area contributed by atoms with Crippen LogP contribution in [-0.2, 0) is 6.61 Å². The number of hydrogen-bond donors (Lipinski definition) is 1. The average molecular weight is 262 g/mol. The molecule has 1 N–H and O–H groups in total. The molecule has 0 aromatic carbocycles. The first-order valence-electron chi connectivity index (χ1n) is 7.45. The maximum atomic E-state index is 9.47. The SMILES string of the molecule is CCC1(CC)CCN(c2cc(C)ncc2CO)CC1. The Labute approximate surface area is 116 Å². The van der Waals surface area contributed by atoms with Crippen molar-refractivity contribution in [1.82, 2.24) is 4.98 Å². The van der Waals surface area contributed by atoms with Crippen LogP contribution in [-0.4, -0.2) is 23.2 Å². The normalized spacial score (nSPS) is 18.6. The zero-order valence-electron chi connectivity index (χ0n) is 12.4. The van der Waals surface area contributed by atoms with Crippen molar-refractivity contribution in [3.8, 4) is 0 Å². The van der Waals surface area contributed by atoms with Gasteiger partial charge in [0.25, 0.3) is 0 Å². The predicted octanol–water partition coefficient (Wildman–Crippen LogP) is 3.29. The minimum Gasteiger partial charge on any atom is -0.392 e. The van der Waals surface area contributed by atoms with Gasteiger partial charge in [-0.05, 0) is 31.2 Å². The van der Waals surface area contributed by atoms with Crippen molar-refractivity contribution in [3.63, 3.8) is 0 Å².